The molecule has 2 heterocycles. The van der Waals surface area contributed by atoms with Crippen molar-refractivity contribution in [3.8, 4) is 17.6 Å². The number of piperazine rings is 1. The molecule has 0 aliphatic carbocycles. The van der Waals surface area contributed by atoms with Crippen LogP contribution in [0.5, 0.6) is 11.5 Å². The van der Waals surface area contributed by atoms with Gasteiger partial charge in [0.15, 0.2) is 11.5 Å². The van der Waals surface area contributed by atoms with Crippen molar-refractivity contribution >= 4 is 0 Å². The second-order valence-corrected chi connectivity index (χ2v) is 4.90. The Labute approximate surface area is 112 Å². The molecule has 1 aromatic carbocycles. The van der Waals surface area contributed by atoms with Crippen LogP contribution in [0.25, 0.3) is 0 Å². The molecular formula is C14H17N3O2. The summed E-state index contributed by atoms with van der Waals surface area (Å²) in [6, 6.07) is 8.33. The highest BCUT2D eigenvalue weighted by molar-refractivity contribution is 5.44. The smallest absolute Gasteiger partial charge is 0.231 e. The summed E-state index contributed by atoms with van der Waals surface area (Å²) in [5, 5.41) is 8.68. The minimum atomic E-state index is 0.325. The number of nitrogens with zero attached hydrogens (tertiary/aromatic N) is 3. The quantitative estimate of drug-likeness (QED) is 0.760. The maximum Gasteiger partial charge on any atom is 0.231 e. The van der Waals surface area contributed by atoms with Gasteiger partial charge < -0.3 is 9.47 Å². The Morgan fingerprint density at radius 2 is 1.79 bits per heavy atom. The molecule has 0 unspecified atom stereocenters. The van der Waals surface area contributed by atoms with E-state index in [4.69, 9.17) is 14.7 Å². The maximum absolute atomic E-state index is 8.68. The zero-order valence-corrected chi connectivity index (χ0v) is 10.8. The van der Waals surface area contributed by atoms with Crippen LogP contribution in [0.1, 0.15) is 5.56 Å². The second kappa shape index (κ2) is 5.47. The molecule has 0 aromatic heterocycles. The molecule has 5 nitrogen and oxygen atoms in total. The maximum atomic E-state index is 8.68. The second-order valence-electron chi connectivity index (χ2n) is 4.90. The topological polar surface area (TPSA) is 48.7 Å². The van der Waals surface area contributed by atoms with Crippen LogP contribution in [0.3, 0.4) is 0 Å². The predicted molar refractivity (Wildman–Crippen MR) is 69.9 cm³/mol. The third kappa shape index (κ3) is 2.80. The van der Waals surface area contributed by atoms with E-state index in [1.54, 1.807) is 0 Å². The van der Waals surface area contributed by atoms with Crippen molar-refractivity contribution in [1.29, 1.82) is 5.26 Å². The van der Waals surface area contributed by atoms with Gasteiger partial charge in [0.25, 0.3) is 0 Å². The highest BCUT2D eigenvalue weighted by Gasteiger charge is 2.18. The van der Waals surface area contributed by atoms with Gasteiger partial charge >= 0.3 is 0 Å². The SMILES string of the molecule is N#CCN1CCN(Cc2ccc3c(c2)OCO3)CC1. The first-order valence-corrected chi connectivity index (χ1v) is 6.55. The van der Waals surface area contributed by atoms with Crippen molar-refractivity contribution < 1.29 is 9.47 Å². The predicted octanol–water partition coefficient (Wildman–Crippen LogP) is 1.06. The summed E-state index contributed by atoms with van der Waals surface area (Å²) in [5.41, 5.74) is 1.25. The van der Waals surface area contributed by atoms with E-state index in [0.29, 0.717) is 13.3 Å². The monoisotopic (exact) mass is 259 g/mol. The lowest BCUT2D eigenvalue weighted by atomic mass is 10.1. The van der Waals surface area contributed by atoms with Crippen molar-refractivity contribution in [3.63, 3.8) is 0 Å². The van der Waals surface area contributed by atoms with Crippen molar-refractivity contribution in [3.05, 3.63) is 23.8 Å². The number of benzene rings is 1. The Hall–Kier alpha value is -1.77. The molecular weight excluding hydrogens is 242 g/mol. The summed E-state index contributed by atoms with van der Waals surface area (Å²) in [4.78, 5) is 4.60. The van der Waals surface area contributed by atoms with Crippen molar-refractivity contribution in [2.75, 3.05) is 39.5 Å². The average molecular weight is 259 g/mol. The molecule has 0 spiro atoms. The van der Waals surface area contributed by atoms with Gasteiger partial charge in [0, 0.05) is 32.7 Å². The molecule has 1 fully saturated rings. The highest BCUT2D eigenvalue weighted by atomic mass is 16.7. The molecule has 0 radical (unpaired) electrons. The molecule has 5 heteroatoms. The van der Waals surface area contributed by atoms with Gasteiger partial charge in [-0.25, -0.2) is 0 Å². The lowest BCUT2D eigenvalue weighted by Gasteiger charge is -2.33. The molecule has 0 atom stereocenters. The molecule has 1 aromatic rings. The minimum Gasteiger partial charge on any atom is -0.454 e. The fourth-order valence-electron chi connectivity index (χ4n) is 2.50. The van der Waals surface area contributed by atoms with Crippen molar-refractivity contribution in [1.82, 2.24) is 9.80 Å². The summed E-state index contributed by atoms with van der Waals surface area (Å²) < 4.78 is 10.7. The summed E-state index contributed by atoms with van der Waals surface area (Å²) in [5.74, 6) is 1.68. The lowest BCUT2D eigenvalue weighted by Crippen LogP contribution is -2.45. The number of ether oxygens (including phenoxy) is 2. The fourth-order valence-corrected chi connectivity index (χ4v) is 2.50. The number of nitriles is 1. The van der Waals surface area contributed by atoms with Crippen LogP contribution in [0.2, 0.25) is 0 Å². The van der Waals surface area contributed by atoms with Crippen LogP contribution in [0.15, 0.2) is 18.2 Å². The summed E-state index contributed by atoms with van der Waals surface area (Å²) >= 11 is 0. The normalized spacial score (nSPS) is 19.3. The number of hydrogen-bond acceptors (Lipinski definition) is 5. The first-order chi connectivity index (χ1) is 9.35. The third-order valence-electron chi connectivity index (χ3n) is 3.60. The van der Waals surface area contributed by atoms with Crippen LogP contribution in [-0.4, -0.2) is 49.3 Å². The third-order valence-corrected chi connectivity index (χ3v) is 3.60. The molecule has 0 bridgehead atoms. The van der Waals surface area contributed by atoms with Gasteiger partial charge in [-0.15, -0.1) is 0 Å². The van der Waals surface area contributed by atoms with Gasteiger partial charge in [-0.2, -0.15) is 5.26 Å². The van der Waals surface area contributed by atoms with Gasteiger partial charge in [0.2, 0.25) is 6.79 Å². The molecule has 100 valence electrons. The van der Waals surface area contributed by atoms with E-state index >= 15 is 0 Å². The first-order valence-electron chi connectivity index (χ1n) is 6.55. The van der Waals surface area contributed by atoms with E-state index in [-0.39, 0.29) is 0 Å². The van der Waals surface area contributed by atoms with Crippen LogP contribution in [0, 0.1) is 11.3 Å². The fraction of sp³-hybridized carbons (Fsp3) is 0.500. The summed E-state index contributed by atoms with van der Waals surface area (Å²) in [7, 11) is 0. The number of rotatable bonds is 3. The first kappa shape index (κ1) is 12.3. The van der Waals surface area contributed by atoms with Gasteiger partial charge in [-0.3, -0.25) is 9.80 Å². The largest absolute Gasteiger partial charge is 0.454 e. The van der Waals surface area contributed by atoms with E-state index in [1.807, 2.05) is 6.07 Å². The van der Waals surface area contributed by atoms with Crippen LogP contribution < -0.4 is 9.47 Å². The molecule has 1 saturated heterocycles. The van der Waals surface area contributed by atoms with E-state index < -0.39 is 0 Å². The Kier molecular flexibility index (Phi) is 3.53. The molecule has 2 aliphatic heterocycles. The van der Waals surface area contributed by atoms with Crippen molar-refractivity contribution in [2.45, 2.75) is 6.54 Å². The van der Waals surface area contributed by atoms with Gasteiger partial charge in [-0.1, -0.05) is 6.07 Å². The molecule has 0 N–H and O–H groups in total. The van der Waals surface area contributed by atoms with Crippen molar-refractivity contribution in [2.24, 2.45) is 0 Å². The Balaban J connectivity index is 1.56. The molecule has 19 heavy (non-hydrogen) atoms. The molecule has 2 aliphatic rings. The zero-order chi connectivity index (χ0) is 13.1. The van der Waals surface area contributed by atoms with E-state index in [9.17, 15) is 0 Å². The summed E-state index contributed by atoms with van der Waals surface area (Å²) in [6.07, 6.45) is 0. The van der Waals surface area contributed by atoms with Gasteiger partial charge in [-0.05, 0) is 17.7 Å². The standard InChI is InChI=1S/C14H17N3O2/c15-3-4-16-5-7-17(8-6-16)10-12-1-2-13-14(9-12)19-11-18-13/h1-2,9H,4-8,10-11H2. The zero-order valence-electron chi connectivity index (χ0n) is 10.8. The van der Waals surface area contributed by atoms with E-state index in [1.165, 1.54) is 5.56 Å². The minimum absolute atomic E-state index is 0.325. The Morgan fingerprint density at radius 3 is 2.58 bits per heavy atom. The van der Waals surface area contributed by atoms with E-state index in [2.05, 4.69) is 28.0 Å². The average Bonchev–Trinajstić information content (AvgIpc) is 2.89. The summed E-state index contributed by atoms with van der Waals surface area (Å²) in [6.45, 7) is 5.75. The Morgan fingerprint density at radius 1 is 1.05 bits per heavy atom. The molecule has 0 saturated carbocycles. The van der Waals surface area contributed by atoms with Gasteiger partial charge in [0.05, 0.1) is 12.6 Å². The Bertz CT molecular complexity index is 490. The van der Waals surface area contributed by atoms with Crippen LogP contribution >= 0.6 is 0 Å². The van der Waals surface area contributed by atoms with E-state index in [0.717, 1.165) is 44.2 Å². The van der Waals surface area contributed by atoms with Crippen LogP contribution in [0.4, 0.5) is 0 Å². The van der Waals surface area contributed by atoms with Gasteiger partial charge in [0.1, 0.15) is 0 Å². The number of fused-ring (bicyclic) bond motifs is 1. The number of hydrogen-bond donors (Lipinski definition) is 0. The molecule has 3 rings (SSSR count). The van der Waals surface area contributed by atoms with Crippen LogP contribution in [-0.2, 0) is 6.54 Å². The lowest BCUT2D eigenvalue weighted by molar-refractivity contribution is 0.138. The highest BCUT2D eigenvalue weighted by Crippen LogP contribution is 2.32. The molecule has 0 amide bonds.